The van der Waals surface area contributed by atoms with E-state index in [-0.39, 0.29) is 23.2 Å². The Kier molecular flexibility index (Phi) is 4.90. The number of thioether (sulfide) groups is 1. The Bertz CT molecular complexity index is 351. The average Bonchev–Trinajstić information content (AvgIpc) is 2.67. The number of hydrogen-bond acceptors (Lipinski definition) is 4. The van der Waals surface area contributed by atoms with Crippen LogP contribution >= 0.6 is 11.8 Å². The van der Waals surface area contributed by atoms with Crippen molar-refractivity contribution in [3.05, 3.63) is 0 Å². The van der Waals surface area contributed by atoms with Crippen LogP contribution in [-0.2, 0) is 9.59 Å². The standard InChI is InChI=1S/C14H23NO3S/c1-9(16)11-5-3-10(4-6-11)8-15-13(17)7-12(19-2)14(15)18/h9-12,16H,3-8H2,1-2H3. The van der Waals surface area contributed by atoms with Crippen LogP contribution in [0.25, 0.3) is 0 Å². The van der Waals surface area contributed by atoms with Crippen LogP contribution in [0.3, 0.4) is 0 Å². The van der Waals surface area contributed by atoms with Gasteiger partial charge >= 0.3 is 0 Å². The number of aliphatic hydroxyl groups excluding tert-OH is 1. The minimum absolute atomic E-state index is 0.00449. The Labute approximate surface area is 118 Å². The summed E-state index contributed by atoms with van der Waals surface area (Å²) in [5, 5.41) is 9.41. The lowest BCUT2D eigenvalue weighted by molar-refractivity contribution is -0.139. The lowest BCUT2D eigenvalue weighted by atomic mass is 9.79. The van der Waals surface area contributed by atoms with Crippen LogP contribution in [0.1, 0.15) is 39.0 Å². The second kappa shape index (κ2) is 6.27. The van der Waals surface area contributed by atoms with E-state index in [1.807, 2.05) is 13.2 Å². The van der Waals surface area contributed by atoms with Crippen molar-refractivity contribution < 1.29 is 14.7 Å². The smallest absolute Gasteiger partial charge is 0.242 e. The minimum Gasteiger partial charge on any atom is -0.393 e. The normalized spacial score (nSPS) is 33.8. The predicted molar refractivity (Wildman–Crippen MR) is 75.8 cm³/mol. The minimum atomic E-state index is -0.239. The van der Waals surface area contributed by atoms with Gasteiger partial charge in [-0.3, -0.25) is 14.5 Å². The number of nitrogens with zero attached hydrogens (tertiary/aromatic N) is 1. The molecule has 1 aliphatic heterocycles. The molecule has 0 radical (unpaired) electrons. The average molecular weight is 285 g/mol. The van der Waals surface area contributed by atoms with E-state index in [9.17, 15) is 14.7 Å². The fourth-order valence-electron chi connectivity index (χ4n) is 3.14. The summed E-state index contributed by atoms with van der Waals surface area (Å²) in [6.45, 7) is 2.43. The van der Waals surface area contributed by atoms with Gasteiger partial charge in [-0.25, -0.2) is 0 Å². The molecule has 0 spiro atoms. The molecule has 0 bridgehead atoms. The Morgan fingerprint density at radius 3 is 2.42 bits per heavy atom. The highest BCUT2D eigenvalue weighted by Gasteiger charge is 2.39. The fourth-order valence-corrected chi connectivity index (χ4v) is 3.78. The zero-order chi connectivity index (χ0) is 14.0. The van der Waals surface area contributed by atoms with Gasteiger partial charge in [0, 0.05) is 13.0 Å². The van der Waals surface area contributed by atoms with Crippen molar-refractivity contribution in [1.29, 1.82) is 0 Å². The summed E-state index contributed by atoms with van der Waals surface area (Å²) in [5.74, 6) is 0.792. The zero-order valence-electron chi connectivity index (χ0n) is 11.7. The summed E-state index contributed by atoms with van der Waals surface area (Å²) in [7, 11) is 0. The van der Waals surface area contributed by atoms with Gasteiger partial charge in [-0.2, -0.15) is 11.8 Å². The second-order valence-corrected chi connectivity index (χ2v) is 6.83. The van der Waals surface area contributed by atoms with Crippen molar-refractivity contribution in [3.63, 3.8) is 0 Å². The monoisotopic (exact) mass is 285 g/mol. The molecule has 19 heavy (non-hydrogen) atoms. The van der Waals surface area contributed by atoms with Crippen molar-refractivity contribution in [2.75, 3.05) is 12.8 Å². The highest BCUT2D eigenvalue weighted by Crippen LogP contribution is 2.33. The zero-order valence-corrected chi connectivity index (χ0v) is 12.5. The summed E-state index contributed by atoms with van der Waals surface area (Å²) in [4.78, 5) is 25.4. The van der Waals surface area contributed by atoms with Crippen molar-refractivity contribution >= 4 is 23.6 Å². The summed E-state index contributed by atoms with van der Waals surface area (Å²) >= 11 is 1.47. The van der Waals surface area contributed by atoms with Crippen LogP contribution in [0.5, 0.6) is 0 Å². The van der Waals surface area contributed by atoms with E-state index in [0.717, 1.165) is 25.7 Å². The summed E-state index contributed by atoms with van der Waals surface area (Å²) in [5.41, 5.74) is 0. The highest BCUT2D eigenvalue weighted by molar-refractivity contribution is 8.00. The number of carbonyl (C=O) groups is 2. The predicted octanol–water partition coefficient (Wildman–Crippen LogP) is 1.66. The first-order valence-corrected chi connectivity index (χ1v) is 8.36. The molecule has 1 N–H and O–H groups in total. The SMILES string of the molecule is CSC1CC(=O)N(CC2CCC(C(C)O)CC2)C1=O. The maximum absolute atomic E-state index is 12.0. The number of aliphatic hydroxyl groups is 1. The molecular weight excluding hydrogens is 262 g/mol. The third-order valence-electron chi connectivity index (χ3n) is 4.50. The lowest BCUT2D eigenvalue weighted by Gasteiger charge is -2.31. The van der Waals surface area contributed by atoms with Gasteiger partial charge in [0.2, 0.25) is 11.8 Å². The third kappa shape index (κ3) is 3.31. The van der Waals surface area contributed by atoms with E-state index in [2.05, 4.69) is 0 Å². The largest absolute Gasteiger partial charge is 0.393 e. The van der Waals surface area contributed by atoms with Gasteiger partial charge in [0.15, 0.2) is 0 Å². The first-order chi connectivity index (χ1) is 9.02. The van der Waals surface area contributed by atoms with E-state index in [0.29, 0.717) is 24.8 Å². The maximum atomic E-state index is 12.0. The van der Waals surface area contributed by atoms with E-state index in [1.165, 1.54) is 16.7 Å². The third-order valence-corrected chi connectivity index (χ3v) is 5.44. The van der Waals surface area contributed by atoms with Crippen LogP contribution in [0.15, 0.2) is 0 Å². The molecular formula is C14H23NO3S. The number of carbonyl (C=O) groups excluding carboxylic acids is 2. The molecule has 5 heteroatoms. The lowest BCUT2D eigenvalue weighted by Crippen LogP contribution is -2.37. The van der Waals surface area contributed by atoms with Crippen LogP contribution in [-0.4, -0.2) is 46.0 Å². The fraction of sp³-hybridized carbons (Fsp3) is 0.857. The van der Waals surface area contributed by atoms with Crippen molar-refractivity contribution in [1.82, 2.24) is 4.90 Å². The van der Waals surface area contributed by atoms with Gasteiger partial charge in [-0.15, -0.1) is 0 Å². The first-order valence-electron chi connectivity index (χ1n) is 7.08. The van der Waals surface area contributed by atoms with Gasteiger partial charge in [0.25, 0.3) is 0 Å². The van der Waals surface area contributed by atoms with Crippen molar-refractivity contribution in [2.45, 2.75) is 50.4 Å². The summed E-state index contributed by atoms with van der Waals surface area (Å²) in [6, 6.07) is 0. The molecule has 0 aromatic heterocycles. The van der Waals surface area contributed by atoms with Gasteiger partial charge in [-0.1, -0.05) is 0 Å². The molecule has 0 aromatic rings. The Balaban J connectivity index is 1.86. The van der Waals surface area contributed by atoms with Gasteiger partial charge in [0.05, 0.1) is 11.4 Å². The second-order valence-electron chi connectivity index (χ2n) is 5.79. The number of imide groups is 1. The number of rotatable bonds is 4. The van der Waals surface area contributed by atoms with E-state index in [4.69, 9.17) is 0 Å². The number of amides is 2. The summed E-state index contributed by atoms with van der Waals surface area (Å²) in [6.07, 6.45) is 6.04. The van der Waals surface area contributed by atoms with Gasteiger partial charge in [-0.05, 0) is 50.7 Å². The molecule has 2 unspecified atom stereocenters. The number of hydrogen-bond donors (Lipinski definition) is 1. The summed E-state index contributed by atoms with van der Waals surface area (Å²) < 4.78 is 0. The number of likely N-dealkylation sites (tertiary alicyclic amines) is 1. The molecule has 2 amide bonds. The quantitative estimate of drug-likeness (QED) is 0.798. The van der Waals surface area contributed by atoms with Gasteiger partial charge in [0.1, 0.15) is 0 Å². The first kappa shape index (κ1) is 14.9. The molecule has 1 saturated carbocycles. The molecule has 2 fully saturated rings. The molecule has 4 nitrogen and oxygen atoms in total. The Morgan fingerprint density at radius 2 is 1.95 bits per heavy atom. The van der Waals surface area contributed by atoms with E-state index < -0.39 is 0 Å². The molecule has 108 valence electrons. The maximum Gasteiger partial charge on any atom is 0.242 e. The molecule has 1 saturated heterocycles. The van der Waals surface area contributed by atoms with Crippen LogP contribution in [0, 0.1) is 11.8 Å². The van der Waals surface area contributed by atoms with E-state index in [1.54, 1.807) is 0 Å². The van der Waals surface area contributed by atoms with Crippen LogP contribution < -0.4 is 0 Å². The van der Waals surface area contributed by atoms with Crippen molar-refractivity contribution in [3.8, 4) is 0 Å². The topological polar surface area (TPSA) is 57.6 Å². The van der Waals surface area contributed by atoms with Crippen molar-refractivity contribution in [2.24, 2.45) is 11.8 Å². The molecule has 1 heterocycles. The van der Waals surface area contributed by atoms with Crippen LogP contribution in [0.4, 0.5) is 0 Å². The molecule has 0 aromatic carbocycles. The molecule has 1 aliphatic carbocycles. The molecule has 2 rings (SSSR count). The van der Waals surface area contributed by atoms with Gasteiger partial charge < -0.3 is 5.11 Å². The van der Waals surface area contributed by atoms with Crippen LogP contribution in [0.2, 0.25) is 0 Å². The van der Waals surface area contributed by atoms with E-state index >= 15 is 0 Å². The highest BCUT2D eigenvalue weighted by atomic mass is 32.2. The Morgan fingerprint density at radius 1 is 1.32 bits per heavy atom. The Hall–Kier alpha value is -0.550. The molecule has 2 atom stereocenters. The molecule has 2 aliphatic rings.